The van der Waals surface area contributed by atoms with Crippen molar-refractivity contribution in [2.45, 2.75) is 31.2 Å². The van der Waals surface area contributed by atoms with Crippen LogP contribution in [0.25, 0.3) is 0 Å². The van der Waals surface area contributed by atoms with Gasteiger partial charge in [-0.2, -0.15) is 0 Å². The summed E-state index contributed by atoms with van der Waals surface area (Å²) in [5, 5.41) is 3.01. The molecule has 1 saturated carbocycles. The third-order valence-electron chi connectivity index (χ3n) is 3.47. The van der Waals surface area contributed by atoms with Crippen LogP contribution in [0, 0.1) is 0 Å². The summed E-state index contributed by atoms with van der Waals surface area (Å²) in [5.41, 5.74) is 5.87. The molecule has 4 N–H and O–H groups in total. The first-order chi connectivity index (χ1) is 9.70. The quantitative estimate of drug-likeness (QED) is 0.784. The summed E-state index contributed by atoms with van der Waals surface area (Å²) >= 11 is 6.03. The molecule has 1 fully saturated rings. The van der Waals surface area contributed by atoms with Gasteiger partial charge < -0.3 is 11.1 Å². The molecule has 0 atom stereocenters. The van der Waals surface area contributed by atoms with Gasteiger partial charge in [0.25, 0.3) is 0 Å². The molecule has 1 aliphatic rings. The van der Waals surface area contributed by atoms with E-state index in [-0.39, 0.29) is 5.91 Å². The Hall–Kier alpha value is -1.31. The number of carbonyl (C=O) groups is 1. The molecule has 21 heavy (non-hydrogen) atoms. The fourth-order valence-corrected chi connectivity index (χ4v) is 3.10. The van der Waals surface area contributed by atoms with E-state index in [0.717, 1.165) is 19.1 Å². The molecule has 1 amide bonds. The lowest BCUT2D eigenvalue weighted by molar-refractivity contribution is -0.121. The van der Waals surface area contributed by atoms with Crippen LogP contribution >= 0.6 is 11.6 Å². The number of halogens is 1. The van der Waals surface area contributed by atoms with E-state index in [1.54, 1.807) is 0 Å². The number of amides is 1. The van der Waals surface area contributed by atoms with Crippen LogP contribution < -0.4 is 15.8 Å². The van der Waals surface area contributed by atoms with E-state index in [1.165, 1.54) is 18.2 Å². The van der Waals surface area contributed by atoms with Crippen molar-refractivity contribution in [3.05, 3.63) is 23.2 Å². The number of sulfonamides is 1. The smallest absolute Gasteiger partial charge is 0.244 e. The number of rotatable bonds is 4. The Morgan fingerprint density at radius 2 is 1.95 bits per heavy atom. The molecular formula is C13H18ClN3O3S. The highest BCUT2D eigenvalue weighted by molar-refractivity contribution is 7.92. The first kappa shape index (κ1) is 16.1. The molecule has 116 valence electrons. The van der Waals surface area contributed by atoms with Gasteiger partial charge in [-0.25, -0.2) is 8.42 Å². The summed E-state index contributed by atoms with van der Waals surface area (Å²) < 4.78 is 24.8. The van der Waals surface area contributed by atoms with Crippen molar-refractivity contribution in [2.24, 2.45) is 5.73 Å². The second-order valence-electron chi connectivity index (χ2n) is 5.39. The first-order valence-corrected chi connectivity index (χ1v) is 8.84. The molecule has 1 aromatic rings. The highest BCUT2D eigenvalue weighted by atomic mass is 35.5. The standard InChI is InChI=1S/C13H18ClN3O3S/c1-21(19,20)17-9-4-5-10(14)11(8-9)16-12(18)13(15)6-2-3-7-13/h4-5,8,17H,2-3,6-7,15H2,1H3,(H,16,18). The van der Waals surface area contributed by atoms with E-state index in [9.17, 15) is 13.2 Å². The van der Waals surface area contributed by atoms with Crippen molar-refractivity contribution in [1.82, 2.24) is 0 Å². The average Bonchev–Trinajstić information content (AvgIpc) is 2.80. The minimum absolute atomic E-state index is 0.293. The molecule has 2 rings (SSSR count). The zero-order valence-corrected chi connectivity index (χ0v) is 13.2. The Labute approximate surface area is 129 Å². The van der Waals surface area contributed by atoms with E-state index in [4.69, 9.17) is 17.3 Å². The zero-order valence-electron chi connectivity index (χ0n) is 11.6. The molecule has 0 spiro atoms. The summed E-state index contributed by atoms with van der Waals surface area (Å²) in [7, 11) is -3.39. The minimum Gasteiger partial charge on any atom is -0.323 e. The predicted molar refractivity (Wildman–Crippen MR) is 83.9 cm³/mol. The molecule has 0 bridgehead atoms. The normalized spacial score (nSPS) is 17.5. The molecule has 1 aliphatic carbocycles. The first-order valence-electron chi connectivity index (χ1n) is 6.57. The summed E-state index contributed by atoms with van der Waals surface area (Å²) in [6.45, 7) is 0. The summed E-state index contributed by atoms with van der Waals surface area (Å²) in [6.07, 6.45) is 4.17. The fourth-order valence-electron chi connectivity index (χ4n) is 2.38. The highest BCUT2D eigenvalue weighted by Gasteiger charge is 2.37. The number of anilines is 2. The van der Waals surface area contributed by atoms with Crippen LogP contribution in [0.1, 0.15) is 25.7 Å². The lowest BCUT2D eigenvalue weighted by Gasteiger charge is -2.22. The summed E-state index contributed by atoms with van der Waals surface area (Å²) in [4.78, 5) is 12.3. The molecule has 6 nitrogen and oxygen atoms in total. The van der Waals surface area contributed by atoms with Gasteiger partial charge in [0.2, 0.25) is 15.9 Å². The monoisotopic (exact) mass is 331 g/mol. The van der Waals surface area contributed by atoms with E-state index in [2.05, 4.69) is 10.0 Å². The maximum Gasteiger partial charge on any atom is 0.244 e. The molecule has 0 radical (unpaired) electrons. The minimum atomic E-state index is -3.39. The van der Waals surface area contributed by atoms with Gasteiger partial charge in [0.1, 0.15) is 0 Å². The molecular weight excluding hydrogens is 314 g/mol. The van der Waals surface area contributed by atoms with Crippen LogP contribution in [0.4, 0.5) is 11.4 Å². The largest absolute Gasteiger partial charge is 0.323 e. The van der Waals surface area contributed by atoms with Crippen LogP contribution in [0.5, 0.6) is 0 Å². The molecule has 0 aliphatic heterocycles. The van der Waals surface area contributed by atoms with Gasteiger partial charge in [0, 0.05) is 0 Å². The van der Waals surface area contributed by atoms with Crippen LogP contribution in [0.15, 0.2) is 18.2 Å². The van der Waals surface area contributed by atoms with Gasteiger partial charge in [-0.3, -0.25) is 9.52 Å². The number of nitrogens with one attached hydrogen (secondary N) is 2. The van der Waals surface area contributed by atoms with Crippen LogP contribution in [-0.2, 0) is 14.8 Å². The van der Waals surface area contributed by atoms with Crippen LogP contribution in [0.2, 0.25) is 5.02 Å². The topological polar surface area (TPSA) is 101 Å². The van der Waals surface area contributed by atoms with Crippen LogP contribution in [-0.4, -0.2) is 26.1 Å². The number of hydrogen-bond acceptors (Lipinski definition) is 4. The molecule has 0 aromatic heterocycles. The number of benzene rings is 1. The van der Waals surface area contributed by atoms with Gasteiger partial charge in [0.05, 0.1) is 28.2 Å². The average molecular weight is 332 g/mol. The van der Waals surface area contributed by atoms with Gasteiger partial charge in [-0.1, -0.05) is 24.4 Å². The molecule has 0 unspecified atom stereocenters. The zero-order chi connectivity index (χ0) is 15.7. The van der Waals surface area contributed by atoms with E-state index < -0.39 is 15.6 Å². The summed E-state index contributed by atoms with van der Waals surface area (Å²) in [6, 6.07) is 4.51. The molecule has 1 aromatic carbocycles. The van der Waals surface area contributed by atoms with Gasteiger partial charge >= 0.3 is 0 Å². The maximum absolute atomic E-state index is 12.3. The number of carbonyl (C=O) groups excluding carboxylic acids is 1. The third-order valence-corrected chi connectivity index (χ3v) is 4.40. The number of hydrogen-bond donors (Lipinski definition) is 3. The predicted octanol–water partition coefficient (Wildman–Crippen LogP) is 1.92. The second-order valence-corrected chi connectivity index (χ2v) is 7.54. The van der Waals surface area contributed by atoms with Gasteiger partial charge in [-0.05, 0) is 31.0 Å². The van der Waals surface area contributed by atoms with E-state index >= 15 is 0 Å². The van der Waals surface area contributed by atoms with Crippen molar-refractivity contribution in [3.8, 4) is 0 Å². The van der Waals surface area contributed by atoms with Crippen LogP contribution in [0.3, 0.4) is 0 Å². The van der Waals surface area contributed by atoms with Crippen molar-refractivity contribution >= 4 is 38.9 Å². The molecule has 0 heterocycles. The van der Waals surface area contributed by atoms with Crippen molar-refractivity contribution in [3.63, 3.8) is 0 Å². The fraction of sp³-hybridized carbons (Fsp3) is 0.462. The van der Waals surface area contributed by atoms with Crippen molar-refractivity contribution in [2.75, 3.05) is 16.3 Å². The lowest BCUT2D eigenvalue weighted by Crippen LogP contribution is -2.48. The Morgan fingerprint density at radius 1 is 1.33 bits per heavy atom. The Morgan fingerprint density at radius 3 is 2.52 bits per heavy atom. The van der Waals surface area contributed by atoms with E-state index in [0.29, 0.717) is 29.2 Å². The van der Waals surface area contributed by atoms with Crippen molar-refractivity contribution in [1.29, 1.82) is 0 Å². The number of nitrogens with two attached hydrogens (primary N) is 1. The van der Waals surface area contributed by atoms with E-state index in [1.807, 2.05) is 0 Å². The molecule has 0 saturated heterocycles. The van der Waals surface area contributed by atoms with Crippen molar-refractivity contribution < 1.29 is 13.2 Å². The lowest BCUT2D eigenvalue weighted by atomic mass is 9.98. The Balaban J connectivity index is 2.19. The SMILES string of the molecule is CS(=O)(=O)Nc1ccc(Cl)c(NC(=O)C2(N)CCCC2)c1. The van der Waals surface area contributed by atoms with Gasteiger partial charge in [0.15, 0.2) is 0 Å². The Bertz CT molecular complexity index is 655. The Kier molecular flexibility index (Phi) is 4.46. The summed E-state index contributed by atoms with van der Waals surface area (Å²) in [5.74, 6) is -0.293. The molecule has 8 heteroatoms. The van der Waals surface area contributed by atoms with Gasteiger partial charge in [-0.15, -0.1) is 0 Å². The highest BCUT2D eigenvalue weighted by Crippen LogP contribution is 2.31. The second kappa shape index (κ2) is 5.82. The third kappa shape index (κ3) is 4.09. The maximum atomic E-state index is 12.3.